The van der Waals surface area contributed by atoms with Crippen molar-refractivity contribution in [1.82, 2.24) is 10.2 Å². The van der Waals surface area contributed by atoms with Crippen LogP contribution in [0.4, 0.5) is 4.79 Å². The number of nitriles is 1. The maximum absolute atomic E-state index is 13.1. The molecular formula is C22H22ClN3O4. The van der Waals surface area contributed by atoms with E-state index in [1.807, 2.05) is 6.92 Å². The van der Waals surface area contributed by atoms with Gasteiger partial charge in [-0.25, -0.2) is 4.79 Å². The minimum absolute atomic E-state index is 0.0886. The van der Waals surface area contributed by atoms with Gasteiger partial charge in [-0.1, -0.05) is 42.8 Å². The molecule has 1 heterocycles. The number of hydrogen-bond donors (Lipinski definition) is 2. The van der Waals surface area contributed by atoms with Crippen molar-refractivity contribution in [2.45, 2.75) is 31.4 Å². The Labute approximate surface area is 179 Å². The fourth-order valence-corrected chi connectivity index (χ4v) is 3.54. The van der Waals surface area contributed by atoms with Crippen LogP contribution in [0.1, 0.15) is 24.5 Å². The Balaban J connectivity index is 1.64. The average molecular weight is 428 g/mol. The second-order valence-electron chi connectivity index (χ2n) is 7.06. The van der Waals surface area contributed by atoms with E-state index in [1.54, 1.807) is 48.5 Å². The van der Waals surface area contributed by atoms with Crippen LogP contribution in [0.25, 0.3) is 0 Å². The molecule has 1 fully saturated rings. The van der Waals surface area contributed by atoms with Crippen LogP contribution in [-0.4, -0.2) is 41.2 Å². The van der Waals surface area contributed by atoms with Crippen LogP contribution in [0.5, 0.6) is 5.75 Å². The molecule has 30 heavy (non-hydrogen) atoms. The third-order valence-electron chi connectivity index (χ3n) is 5.09. The number of carbonyl (C=O) groups excluding carboxylic acids is 2. The number of nitrogens with one attached hydrogen (secondary N) is 1. The molecule has 1 aliphatic heterocycles. The van der Waals surface area contributed by atoms with Crippen LogP contribution in [0.2, 0.25) is 5.02 Å². The molecule has 0 aromatic heterocycles. The predicted octanol–water partition coefficient (Wildman–Crippen LogP) is 3.00. The Bertz CT molecular complexity index is 956. The first-order valence-electron chi connectivity index (χ1n) is 9.56. The lowest BCUT2D eigenvalue weighted by molar-refractivity contribution is -0.132. The summed E-state index contributed by atoms with van der Waals surface area (Å²) in [5.74, 6) is 0.106. The van der Waals surface area contributed by atoms with Gasteiger partial charge in [-0.05, 0) is 41.8 Å². The van der Waals surface area contributed by atoms with Gasteiger partial charge in [0.2, 0.25) is 0 Å². The number of amides is 3. The number of halogens is 1. The van der Waals surface area contributed by atoms with Gasteiger partial charge in [0, 0.05) is 5.02 Å². The zero-order valence-electron chi connectivity index (χ0n) is 16.5. The van der Waals surface area contributed by atoms with E-state index in [0.717, 1.165) is 10.5 Å². The fourth-order valence-electron chi connectivity index (χ4n) is 3.42. The van der Waals surface area contributed by atoms with Crippen LogP contribution in [0.3, 0.4) is 0 Å². The van der Waals surface area contributed by atoms with Crippen molar-refractivity contribution in [1.29, 1.82) is 5.26 Å². The van der Waals surface area contributed by atoms with Crippen LogP contribution < -0.4 is 10.1 Å². The molecule has 1 saturated heterocycles. The first kappa shape index (κ1) is 21.6. The number of imide groups is 1. The van der Waals surface area contributed by atoms with Crippen LogP contribution in [0, 0.1) is 11.3 Å². The van der Waals surface area contributed by atoms with E-state index in [1.165, 1.54) is 0 Å². The fraction of sp³-hybridized carbons (Fsp3) is 0.318. The number of β-amino-alcohol motifs (C(OH)–C–C–N with tert-alkyl or cyclic N) is 1. The molecule has 0 saturated carbocycles. The first-order valence-corrected chi connectivity index (χ1v) is 9.94. The summed E-state index contributed by atoms with van der Waals surface area (Å²) < 4.78 is 5.54. The zero-order valence-corrected chi connectivity index (χ0v) is 17.2. The molecule has 2 unspecified atom stereocenters. The quantitative estimate of drug-likeness (QED) is 0.630. The molecule has 3 rings (SSSR count). The van der Waals surface area contributed by atoms with Crippen molar-refractivity contribution in [3.8, 4) is 11.8 Å². The summed E-state index contributed by atoms with van der Waals surface area (Å²) in [5, 5.41) is 22.3. The number of aliphatic hydroxyl groups is 1. The summed E-state index contributed by atoms with van der Waals surface area (Å²) >= 11 is 5.94. The maximum Gasteiger partial charge on any atom is 0.325 e. The predicted molar refractivity (Wildman–Crippen MR) is 111 cm³/mol. The van der Waals surface area contributed by atoms with E-state index in [9.17, 15) is 14.7 Å². The lowest BCUT2D eigenvalue weighted by atomic mass is 9.87. The summed E-state index contributed by atoms with van der Waals surface area (Å²) in [6.07, 6.45) is -0.393. The second-order valence-corrected chi connectivity index (χ2v) is 7.49. The van der Waals surface area contributed by atoms with Crippen molar-refractivity contribution >= 4 is 23.5 Å². The molecule has 7 nitrogen and oxygen atoms in total. The molecule has 1 aliphatic rings. The molecule has 3 amide bonds. The second kappa shape index (κ2) is 9.16. The highest BCUT2D eigenvalue weighted by Crippen LogP contribution is 2.33. The van der Waals surface area contributed by atoms with Crippen molar-refractivity contribution in [2.75, 3.05) is 13.2 Å². The molecule has 2 atom stereocenters. The first-order chi connectivity index (χ1) is 14.4. The normalized spacial score (nSPS) is 19.3. The average Bonchev–Trinajstić information content (AvgIpc) is 2.99. The standard InChI is InChI=1S/C22H22ClN3O4/c1-2-22(16-5-7-17(23)8-6-16)20(28)26(21(29)25-22)13-18(27)14-30-19-9-3-15(4-10-19)11-12-24/h3-10,18,27H,2,11,13-14H2,1H3,(H,25,29). The number of hydrogen-bond acceptors (Lipinski definition) is 5. The SMILES string of the molecule is CCC1(c2ccc(Cl)cc2)NC(=O)N(CC(O)COc2ccc(CC#N)cc2)C1=O. The smallest absolute Gasteiger partial charge is 0.325 e. The highest BCUT2D eigenvalue weighted by Gasteiger charge is 2.51. The van der Waals surface area contributed by atoms with E-state index in [-0.39, 0.29) is 13.2 Å². The highest BCUT2D eigenvalue weighted by molar-refractivity contribution is 6.30. The summed E-state index contributed by atoms with van der Waals surface area (Å²) in [5.41, 5.74) is 0.319. The van der Waals surface area contributed by atoms with Crippen LogP contribution in [0.15, 0.2) is 48.5 Å². The number of urea groups is 1. The summed E-state index contributed by atoms with van der Waals surface area (Å²) in [6, 6.07) is 15.2. The number of aliphatic hydroxyl groups excluding tert-OH is 1. The maximum atomic E-state index is 13.1. The number of rotatable bonds is 8. The Morgan fingerprint density at radius 1 is 1.20 bits per heavy atom. The summed E-state index contributed by atoms with van der Waals surface area (Å²) in [4.78, 5) is 26.6. The third kappa shape index (κ3) is 4.40. The topological polar surface area (TPSA) is 103 Å². The molecule has 156 valence electrons. The third-order valence-corrected chi connectivity index (χ3v) is 5.34. The monoisotopic (exact) mass is 427 g/mol. The Hall–Kier alpha value is -3.08. The van der Waals surface area contributed by atoms with Gasteiger partial charge in [0.1, 0.15) is 24.0 Å². The van der Waals surface area contributed by atoms with Crippen LogP contribution in [-0.2, 0) is 16.8 Å². The Morgan fingerprint density at radius 2 is 1.87 bits per heavy atom. The summed E-state index contributed by atoms with van der Waals surface area (Å²) in [7, 11) is 0. The van der Waals surface area contributed by atoms with Crippen molar-refractivity contribution < 1.29 is 19.4 Å². The molecule has 2 aromatic rings. The van der Waals surface area contributed by atoms with Gasteiger partial charge in [-0.15, -0.1) is 0 Å². The molecule has 8 heteroatoms. The lowest BCUT2D eigenvalue weighted by Crippen LogP contribution is -2.44. The lowest BCUT2D eigenvalue weighted by Gasteiger charge is -2.26. The molecule has 2 aromatic carbocycles. The van der Waals surface area contributed by atoms with E-state index >= 15 is 0 Å². The van der Waals surface area contributed by atoms with E-state index in [4.69, 9.17) is 21.6 Å². The van der Waals surface area contributed by atoms with Crippen molar-refractivity contribution in [2.24, 2.45) is 0 Å². The van der Waals surface area contributed by atoms with Crippen molar-refractivity contribution in [3.05, 3.63) is 64.7 Å². The minimum Gasteiger partial charge on any atom is -0.491 e. The van der Waals surface area contributed by atoms with Gasteiger partial charge in [0.25, 0.3) is 5.91 Å². The Kier molecular flexibility index (Phi) is 6.60. The summed E-state index contributed by atoms with van der Waals surface area (Å²) in [6.45, 7) is 1.53. The molecule has 0 bridgehead atoms. The van der Waals surface area contributed by atoms with E-state index < -0.39 is 23.6 Å². The molecule has 0 radical (unpaired) electrons. The number of benzene rings is 2. The largest absolute Gasteiger partial charge is 0.491 e. The molecule has 0 aliphatic carbocycles. The molecule has 2 N–H and O–H groups in total. The molecule has 0 spiro atoms. The van der Waals surface area contributed by atoms with Crippen molar-refractivity contribution in [3.63, 3.8) is 0 Å². The minimum atomic E-state index is -1.18. The van der Waals surface area contributed by atoms with Gasteiger partial charge < -0.3 is 15.2 Å². The molecular weight excluding hydrogens is 406 g/mol. The van der Waals surface area contributed by atoms with Gasteiger partial charge in [-0.2, -0.15) is 5.26 Å². The van der Waals surface area contributed by atoms with Gasteiger partial charge in [0.05, 0.1) is 19.0 Å². The van der Waals surface area contributed by atoms with Gasteiger partial charge in [0.15, 0.2) is 0 Å². The number of nitrogens with zero attached hydrogens (tertiary/aromatic N) is 2. The van der Waals surface area contributed by atoms with E-state index in [2.05, 4.69) is 11.4 Å². The Morgan fingerprint density at radius 3 is 2.47 bits per heavy atom. The van der Waals surface area contributed by atoms with Gasteiger partial charge in [-0.3, -0.25) is 9.69 Å². The highest BCUT2D eigenvalue weighted by atomic mass is 35.5. The van der Waals surface area contributed by atoms with Gasteiger partial charge >= 0.3 is 6.03 Å². The van der Waals surface area contributed by atoms with E-state index in [0.29, 0.717) is 29.2 Å². The number of ether oxygens (including phenoxy) is 1. The number of carbonyl (C=O) groups is 2. The zero-order chi connectivity index (χ0) is 21.7. The van der Waals surface area contributed by atoms with Crippen LogP contribution >= 0.6 is 11.6 Å².